The summed E-state index contributed by atoms with van der Waals surface area (Å²) in [5.41, 5.74) is 5.24. The molecule has 5 nitrogen and oxygen atoms in total. The summed E-state index contributed by atoms with van der Waals surface area (Å²) in [7, 11) is 0. The monoisotopic (exact) mass is 513 g/mol. The van der Waals surface area contributed by atoms with Gasteiger partial charge in [0.1, 0.15) is 11.3 Å². The van der Waals surface area contributed by atoms with Crippen LogP contribution in [0.3, 0.4) is 0 Å². The van der Waals surface area contributed by atoms with Gasteiger partial charge in [-0.1, -0.05) is 93.6 Å². The van der Waals surface area contributed by atoms with Crippen molar-refractivity contribution in [1.29, 1.82) is 0 Å². The average molecular weight is 514 g/mol. The van der Waals surface area contributed by atoms with E-state index in [-0.39, 0.29) is 17.2 Å². The summed E-state index contributed by atoms with van der Waals surface area (Å²) in [6.45, 7) is 2.95. The van der Waals surface area contributed by atoms with Gasteiger partial charge in [0, 0.05) is 19.5 Å². The highest BCUT2D eigenvalue weighted by Crippen LogP contribution is 2.29. The number of phenols is 1. The lowest BCUT2D eigenvalue weighted by atomic mass is 10.00. The van der Waals surface area contributed by atoms with Crippen molar-refractivity contribution in [3.63, 3.8) is 0 Å². The number of hydrogen-bond acceptors (Lipinski definition) is 3. The number of rotatable bonds is 12. The van der Waals surface area contributed by atoms with Crippen LogP contribution in [0.25, 0.3) is 11.1 Å². The number of aryl methyl sites for hydroxylation is 1. The Morgan fingerprint density at radius 2 is 1.42 bits per heavy atom. The fourth-order valence-corrected chi connectivity index (χ4v) is 5.36. The maximum Gasteiger partial charge on any atom is 0.339 e. The number of hydrogen-bond donors (Lipinski definition) is 2. The summed E-state index contributed by atoms with van der Waals surface area (Å²) in [6, 6.07) is 21.6. The van der Waals surface area contributed by atoms with Crippen LogP contribution in [-0.4, -0.2) is 27.0 Å². The maximum absolute atomic E-state index is 13.3. The molecular weight excluding hydrogens is 474 g/mol. The van der Waals surface area contributed by atoms with Crippen LogP contribution in [0.4, 0.5) is 0 Å². The molecule has 5 heteroatoms. The number of carbonyl (C=O) groups is 2. The summed E-state index contributed by atoms with van der Waals surface area (Å²) in [6.07, 6.45) is 9.81. The number of nitrogens with zero attached hydrogens (tertiary/aromatic N) is 1. The zero-order valence-electron chi connectivity index (χ0n) is 22.4. The second kappa shape index (κ2) is 13.3. The van der Waals surface area contributed by atoms with Crippen LogP contribution in [0.2, 0.25) is 0 Å². The van der Waals surface area contributed by atoms with Crippen LogP contribution in [0.5, 0.6) is 5.75 Å². The zero-order chi connectivity index (χ0) is 26.9. The highest BCUT2D eigenvalue weighted by Gasteiger charge is 2.21. The summed E-state index contributed by atoms with van der Waals surface area (Å²) < 4.78 is 0. The molecule has 0 aromatic heterocycles. The van der Waals surface area contributed by atoms with Crippen LogP contribution in [-0.2, 0) is 24.3 Å². The van der Waals surface area contributed by atoms with Gasteiger partial charge in [-0.15, -0.1) is 0 Å². The van der Waals surface area contributed by atoms with E-state index >= 15 is 0 Å². The van der Waals surface area contributed by atoms with Gasteiger partial charge in [-0.05, 0) is 65.1 Å². The molecule has 0 saturated heterocycles. The Hall–Kier alpha value is -3.60. The van der Waals surface area contributed by atoms with Gasteiger partial charge in [0.2, 0.25) is 5.91 Å². The molecule has 1 aliphatic rings. The number of aromatic carboxylic acids is 1. The fourth-order valence-electron chi connectivity index (χ4n) is 5.36. The minimum atomic E-state index is -1.18. The predicted molar refractivity (Wildman–Crippen MR) is 151 cm³/mol. The Morgan fingerprint density at radius 3 is 2.03 bits per heavy atom. The Morgan fingerprint density at radius 1 is 0.842 bits per heavy atom. The quantitative estimate of drug-likeness (QED) is 0.261. The third-order valence-electron chi connectivity index (χ3n) is 7.69. The van der Waals surface area contributed by atoms with Gasteiger partial charge in [0.15, 0.2) is 0 Å². The summed E-state index contributed by atoms with van der Waals surface area (Å²) >= 11 is 0. The molecule has 38 heavy (non-hydrogen) atoms. The minimum Gasteiger partial charge on any atom is -0.507 e. The molecule has 200 valence electrons. The number of carboxylic acid groups (broad SMARTS) is 1. The highest BCUT2D eigenvalue weighted by molar-refractivity contribution is 5.91. The molecule has 0 radical (unpaired) electrons. The molecule has 0 aliphatic heterocycles. The van der Waals surface area contributed by atoms with Crippen molar-refractivity contribution in [3.05, 3.63) is 89.0 Å². The highest BCUT2D eigenvalue weighted by atomic mass is 16.4. The van der Waals surface area contributed by atoms with Crippen molar-refractivity contribution in [3.8, 4) is 16.9 Å². The van der Waals surface area contributed by atoms with Gasteiger partial charge in [-0.25, -0.2) is 4.79 Å². The number of unbranched alkanes of at least 4 members (excludes halogenated alkanes) is 1. The SMILES string of the molecule is CCCCc1ccc(-c2ccc(CN(Cc3ccc(O)c(C(=O)O)c3)C(=O)CCC3CCCC3)cc2)cc1. The van der Waals surface area contributed by atoms with Crippen molar-refractivity contribution < 1.29 is 19.8 Å². The predicted octanol–water partition coefficient (Wildman–Crippen LogP) is 7.60. The summed E-state index contributed by atoms with van der Waals surface area (Å²) in [5.74, 6) is -0.749. The first kappa shape index (κ1) is 27.4. The number of benzene rings is 3. The molecule has 0 unspecified atom stereocenters. The van der Waals surface area contributed by atoms with E-state index in [1.165, 1.54) is 61.8 Å². The maximum atomic E-state index is 13.3. The number of amides is 1. The van der Waals surface area contributed by atoms with Gasteiger partial charge in [0.25, 0.3) is 0 Å². The third kappa shape index (κ3) is 7.47. The van der Waals surface area contributed by atoms with Crippen molar-refractivity contribution >= 4 is 11.9 Å². The first-order valence-corrected chi connectivity index (χ1v) is 13.9. The first-order chi connectivity index (χ1) is 18.4. The standard InChI is InChI=1S/C33H39NO4/c1-2-3-6-25-9-15-28(16-10-25)29-17-11-26(12-18-29)22-34(32(36)20-14-24-7-4-5-8-24)23-27-13-19-31(35)30(21-27)33(37)38/h9-13,15-19,21,24,35H,2-8,14,20,22-23H2,1H3,(H,37,38). The van der Waals surface area contributed by atoms with E-state index in [4.69, 9.17) is 0 Å². The third-order valence-corrected chi connectivity index (χ3v) is 7.69. The number of carbonyl (C=O) groups excluding carboxylic acids is 1. The molecule has 1 amide bonds. The van der Waals surface area contributed by atoms with Crippen LogP contribution < -0.4 is 0 Å². The second-order valence-corrected chi connectivity index (χ2v) is 10.6. The van der Waals surface area contributed by atoms with Crippen molar-refractivity contribution in [2.24, 2.45) is 5.92 Å². The van der Waals surface area contributed by atoms with Crippen molar-refractivity contribution in [2.75, 3.05) is 0 Å². The van der Waals surface area contributed by atoms with E-state index < -0.39 is 5.97 Å². The van der Waals surface area contributed by atoms with Crippen LogP contribution in [0, 0.1) is 5.92 Å². The molecule has 4 rings (SSSR count). The molecular formula is C33H39NO4. The average Bonchev–Trinajstić information content (AvgIpc) is 3.45. The van der Waals surface area contributed by atoms with Gasteiger partial charge >= 0.3 is 5.97 Å². The largest absolute Gasteiger partial charge is 0.507 e. The topological polar surface area (TPSA) is 77.8 Å². The van der Waals surface area contributed by atoms with Crippen LogP contribution >= 0.6 is 0 Å². The van der Waals surface area contributed by atoms with Crippen LogP contribution in [0.1, 0.15) is 85.3 Å². The molecule has 1 aliphatic carbocycles. The molecule has 3 aromatic carbocycles. The van der Waals surface area contributed by atoms with E-state index in [1.807, 2.05) is 4.90 Å². The van der Waals surface area contributed by atoms with E-state index in [0.29, 0.717) is 31.0 Å². The summed E-state index contributed by atoms with van der Waals surface area (Å²) in [5, 5.41) is 19.3. The number of aromatic hydroxyl groups is 1. The Kier molecular flexibility index (Phi) is 9.58. The van der Waals surface area contributed by atoms with Crippen molar-refractivity contribution in [2.45, 2.75) is 77.8 Å². The van der Waals surface area contributed by atoms with Gasteiger partial charge < -0.3 is 15.1 Å². The van der Waals surface area contributed by atoms with E-state index in [0.717, 1.165) is 24.0 Å². The van der Waals surface area contributed by atoms with E-state index in [9.17, 15) is 19.8 Å². The molecule has 1 saturated carbocycles. The Bertz CT molecular complexity index is 1210. The first-order valence-electron chi connectivity index (χ1n) is 13.9. The molecule has 2 N–H and O–H groups in total. The second-order valence-electron chi connectivity index (χ2n) is 10.6. The molecule has 0 atom stereocenters. The van der Waals surface area contributed by atoms with Crippen LogP contribution in [0.15, 0.2) is 66.7 Å². The fraction of sp³-hybridized carbons (Fsp3) is 0.394. The Labute approximate surface area is 226 Å². The smallest absolute Gasteiger partial charge is 0.339 e. The van der Waals surface area contributed by atoms with Gasteiger partial charge in [-0.3, -0.25) is 4.79 Å². The lowest BCUT2D eigenvalue weighted by molar-refractivity contribution is -0.132. The van der Waals surface area contributed by atoms with E-state index in [1.54, 1.807) is 6.07 Å². The lowest BCUT2D eigenvalue weighted by Crippen LogP contribution is -2.30. The van der Waals surface area contributed by atoms with Gasteiger partial charge in [-0.2, -0.15) is 0 Å². The minimum absolute atomic E-state index is 0.0774. The molecule has 0 heterocycles. The lowest BCUT2D eigenvalue weighted by Gasteiger charge is -2.24. The van der Waals surface area contributed by atoms with E-state index in [2.05, 4.69) is 55.5 Å². The van der Waals surface area contributed by atoms with Crippen molar-refractivity contribution in [1.82, 2.24) is 4.90 Å². The number of carboxylic acids is 1. The summed E-state index contributed by atoms with van der Waals surface area (Å²) in [4.78, 5) is 26.7. The molecule has 3 aromatic rings. The Balaban J connectivity index is 1.48. The molecule has 1 fully saturated rings. The molecule has 0 bridgehead atoms. The normalized spacial score (nSPS) is 13.5. The zero-order valence-corrected chi connectivity index (χ0v) is 22.4. The molecule has 0 spiro atoms. The van der Waals surface area contributed by atoms with Gasteiger partial charge in [0.05, 0.1) is 0 Å².